The van der Waals surface area contributed by atoms with Gasteiger partial charge in [-0.05, 0) is 19.8 Å². The molecular formula is C16H19N5O2S. The smallest absolute Gasteiger partial charge is 0.321 e. The molecule has 1 aromatic carbocycles. The van der Waals surface area contributed by atoms with Crippen LogP contribution in [-0.2, 0) is 11.8 Å². The molecule has 2 aromatic rings. The Bertz CT molecular complexity index is 742. The molecule has 126 valence electrons. The van der Waals surface area contributed by atoms with E-state index < -0.39 is 11.3 Å². The molecule has 0 radical (unpaired) electrons. The molecule has 1 fully saturated rings. The Morgan fingerprint density at radius 2 is 1.96 bits per heavy atom. The lowest BCUT2D eigenvalue weighted by molar-refractivity contribution is -0.119. The maximum atomic E-state index is 12.1. The van der Waals surface area contributed by atoms with Crippen molar-refractivity contribution in [2.24, 2.45) is 7.05 Å². The third kappa shape index (κ3) is 3.94. The summed E-state index contributed by atoms with van der Waals surface area (Å²) >= 11 is 1.27. The second-order valence-electron chi connectivity index (χ2n) is 5.73. The van der Waals surface area contributed by atoms with E-state index in [4.69, 9.17) is 0 Å². The molecule has 8 heteroatoms. The quantitative estimate of drug-likeness (QED) is 0.809. The van der Waals surface area contributed by atoms with E-state index >= 15 is 0 Å². The van der Waals surface area contributed by atoms with Crippen molar-refractivity contribution < 1.29 is 9.59 Å². The summed E-state index contributed by atoms with van der Waals surface area (Å²) in [6, 6.07) is 9.50. The minimum absolute atomic E-state index is 0.216. The Kier molecular flexibility index (Phi) is 4.84. The molecule has 24 heavy (non-hydrogen) atoms. The SMILES string of the molecule is CC(Sc1nnc(-c2ccccc2)n1C)C(=O)NC(=O)NC1CC1. The summed E-state index contributed by atoms with van der Waals surface area (Å²) in [5, 5.41) is 13.6. The van der Waals surface area contributed by atoms with Gasteiger partial charge in [0.1, 0.15) is 0 Å². The van der Waals surface area contributed by atoms with Gasteiger partial charge in [0.2, 0.25) is 5.91 Å². The van der Waals surface area contributed by atoms with Crippen molar-refractivity contribution in [3.8, 4) is 11.4 Å². The van der Waals surface area contributed by atoms with Crippen molar-refractivity contribution in [1.29, 1.82) is 0 Å². The van der Waals surface area contributed by atoms with E-state index in [1.807, 2.05) is 41.9 Å². The molecule has 0 aliphatic heterocycles. The van der Waals surface area contributed by atoms with Crippen LogP contribution < -0.4 is 10.6 Å². The Morgan fingerprint density at radius 3 is 2.62 bits per heavy atom. The van der Waals surface area contributed by atoms with Crippen molar-refractivity contribution in [3.05, 3.63) is 30.3 Å². The van der Waals surface area contributed by atoms with Crippen LogP contribution in [0.25, 0.3) is 11.4 Å². The van der Waals surface area contributed by atoms with Crippen molar-refractivity contribution in [3.63, 3.8) is 0 Å². The Balaban J connectivity index is 1.62. The number of imide groups is 1. The number of hydrogen-bond donors (Lipinski definition) is 2. The van der Waals surface area contributed by atoms with Crippen LogP contribution in [0.2, 0.25) is 0 Å². The van der Waals surface area contributed by atoms with Gasteiger partial charge in [-0.15, -0.1) is 10.2 Å². The summed E-state index contributed by atoms with van der Waals surface area (Å²) in [7, 11) is 1.86. The average molecular weight is 345 g/mol. The number of carbonyl (C=O) groups is 2. The number of benzene rings is 1. The van der Waals surface area contributed by atoms with E-state index in [0.29, 0.717) is 5.16 Å². The van der Waals surface area contributed by atoms with Crippen molar-refractivity contribution in [1.82, 2.24) is 25.4 Å². The molecule has 1 aliphatic carbocycles. The summed E-state index contributed by atoms with van der Waals surface area (Å²) in [6.45, 7) is 1.74. The highest BCUT2D eigenvalue weighted by Crippen LogP contribution is 2.25. The van der Waals surface area contributed by atoms with Gasteiger partial charge < -0.3 is 9.88 Å². The number of nitrogens with zero attached hydrogens (tertiary/aromatic N) is 3. The number of amides is 3. The second-order valence-corrected chi connectivity index (χ2v) is 7.04. The van der Waals surface area contributed by atoms with Crippen LogP contribution in [0.3, 0.4) is 0 Å². The van der Waals surface area contributed by atoms with E-state index in [9.17, 15) is 9.59 Å². The first-order chi connectivity index (χ1) is 11.5. The van der Waals surface area contributed by atoms with Gasteiger partial charge in [0.15, 0.2) is 11.0 Å². The van der Waals surface area contributed by atoms with Gasteiger partial charge in [0, 0.05) is 18.7 Å². The van der Waals surface area contributed by atoms with Crippen LogP contribution in [0.5, 0.6) is 0 Å². The minimum Gasteiger partial charge on any atom is -0.335 e. The van der Waals surface area contributed by atoms with Crippen molar-refractivity contribution in [2.75, 3.05) is 0 Å². The molecule has 0 bridgehead atoms. The highest BCUT2D eigenvalue weighted by Gasteiger charge is 2.26. The fraction of sp³-hybridized carbons (Fsp3) is 0.375. The maximum absolute atomic E-state index is 12.1. The standard InChI is InChI=1S/C16H19N5O2S/c1-10(14(22)18-15(23)17-12-8-9-12)24-16-20-19-13(21(16)2)11-6-4-3-5-7-11/h3-7,10,12H,8-9H2,1-2H3,(H2,17,18,22,23). The largest absolute Gasteiger partial charge is 0.335 e. The van der Waals surface area contributed by atoms with Crippen LogP contribution >= 0.6 is 11.8 Å². The van der Waals surface area contributed by atoms with E-state index in [1.54, 1.807) is 6.92 Å². The summed E-state index contributed by atoms with van der Waals surface area (Å²) < 4.78 is 1.84. The molecular weight excluding hydrogens is 326 g/mol. The lowest BCUT2D eigenvalue weighted by Gasteiger charge is -2.11. The van der Waals surface area contributed by atoms with Gasteiger partial charge in [-0.25, -0.2) is 4.79 Å². The zero-order chi connectivity index (χ0) is 17.1. The van der Waals surface area contributed by atoms with E-state index in [-0.39, 0.29) is 11.9 Å². The molecule has 3 rings (SSSR count). The predicted molar refractivity (Wildman–Crippen MR) is 91.5 cm³/mol. The third-order valence-electron chi connectivity index (χ3n) is 3.67. The fourth-order valence-electron chi connectivity index (χ4n) is 2.13. The van der Waals surface area contributed by atoms with Gasteiger partial charge in [-0.1, -0.05) is 42.1 Å². The number of urea groups is 1. The Morgan fingerprint density at radius 1 is 1.25 bits per heavy atom. The summed E-state index contributed by atoms with van der Waals surface area (Å²) in [4.78, 5) is 23.7. The molecule has 1 unspecified atom stereocenters. The topological polar surface area (TPSA) is 88.9 Å². The Labute approximate surface area is 144 Å². The van der Waals surface area contributed by atoms with Crippen LogP contribution in [0.15, 0.2) is 35.5 Å². The molecule has 2 N–H and O–H groups in total. The summed E-state index contributed by atoms with van der Waals surface area (Å²) in [5.41, 5.74) is 0.959. The first-order valence-corrected chi connectivity index (χ1v) is 8.65. The first-order valence-electron chi connectivity index (χ1n) is 7.77. The molecule has 1 heterocycles. The van der Waals surface area contributed by atoms with Crippen LogP contribution in [-0.4, -0.2) is 38.0 Å². The summed E-state index contributed by atoms with van der Waals surface area (Å²) in [5.74, 6) is 0.389. The maximum Gasteiger partial charge on any atom is 0.321 e. The van der Waals surface area contributed by atoms with Crippen LogP contribution in [0, 0.1) is 0 Å². The lowest BCUT2D eigenvalue weighted by atomic mass is 10.2. The minimum atomic E-state index is -0.457. The normalized spacial score (nSPS) is 14.9. The van der Waals surface area contributed by atoms with Crippen molar-refractivity contribution in [2.45, 2.75) is 36.2 Å². The third-order valence-corrected chi connectivity index (χ3v) is 4.80. The number of hydrogen-bond acceptors (Lipinski definition) is 5. The molecule has 0 spiro atoms. The van der Waals surface area contributed by atoms with Gasteiger partial charge in [0.05, 0.1) is 5.25 Å². The number of thioether (sulfide) groups is 1. The predicted octanol–water partition coefficient (Wildman–Crippen LogP) is 1.95. The number of nitrogens with one attached hydrogen (secondary N) is 2. The van der Waals surface area contributed by atoms with Gasteiger partial charge in [-0.2, -0.15) is 0 Å². The van der Waals surface area contributed by atoms with Gasteiger partial charge >= 0.3 is 6.03 Å². The van der Waals surface area contributed by atoms with E-state index in [2.05, 4.69) is 20.8 Å². The van der Waals surface area contributed by atoms with Crippen molar-refractivity contribution >= 4 is 23.7 Å². The fourth-order valence-corrected chi connectivity index (χ4v) is 2.95. The van der Waals surface area contributed by atoms with Gasteiger partial charge in [0.25, 0.3) is 0 Å². The van der Waals surface area contributed by atoms with E-state index in [0.717, 1.165) is 24.2 Å². The second kappa shape index (κ2) is 7.04. The van der Waals surface area contributed by atoms with Gasteiger partial charge in [-0.3, -0.25) is 10.1 Å². The molecule has 1 saturated carbocycles. The molecule has 3 amide bonds. The molecule has 7 nitrogen and oxygen atoms in total. The van der Waals surface area contributed by atoms with Crippen LogP contribution in [0.4, 0.5) is 4.79 Å². The average Bonchev–Trinajstić information content (AvgIpc) is 3.31. The summed E-state index contributed by atoms with van der Waals surface area (Å²) in [6.07, 6.45) is 1.96. The highest BCUT2D eigenvalue weighted by atomic mass is 32.2. The Hall–Kier alpha value is -2.35. The molecule has 0 saturated heterocycles. The molecule has 1 aromatic heterocycles. The lowest BCUT2D eigenvalue weighted by Crippen LogP contribution is -2.43. The molecule has 1 aliphatic rings. The molecule has 1 atom stereocenters. The monoisotopic (exact) mass is 345 g/mol. The number of aromatic nitrogens is 3. The first kappa shape index (κ1) is 16.5. The number of carbonyl (C=O) groups excluding carboxylic acids is 2. The number of rotatable bonds is 5. The highest BCUT2D eigenvalue weighted by molar-refractivity contribution is 8.00. The van der Waals surface area contributed by atoms with E-state index in [1.165, 1.54) is 11.8 Å². The zero-order valence-electron chi connectivity index (χ0n) is 13.5. The van der Waals surface area contributed by atoms with Crippen LogP contribution in [0.1, 0.15) is 19.8 Å². The zero-order valence-corrected chi connectivity index (χ0v) is 14.3.